The van der Waals surface area contributed by atoms with Crippen LogP contribution in [-0.4, -0.2) is 32.5 Å². The van der Waals surface area contributed by atoms with Crippen LogP contribution in [-0.2, 0) is 16.3 Å². The van der Waals surface area contributed by atoms with Crippen molar-refractivity contribution in [1.29, 1.82) is 0 Å². The fraction of sp³-hybridized carbons (Fsp3) is 0.538. The van der Waals surface area contributed by atoms with Crippen molar-refractivity contribution in [1.82, 2.24) is 5.32 Å². The molecule has 1 fully saturated rings. The fourth-order valence-electron chi connectivity index (χ4n) is 2.21. The molecule has 1 N–H and O–H groups in total. The standard InChI is InChI=1S/C13H18FNO2S/c14-13-4-2-1-3-11(13)5-8-15-12-6-9-18(16,17)10-7-12/h1-4,12,15H,5-10H2. The van der Waals surface area contributed by atoms with Gasteiger partial charge in [-0.2, -0.15) is 0 Å². The van der Waals surface area contributed by atoms with Gasteiger partial charge >= 0.3 is 0 Å². The van der Waals surface area contributed by atoms with E-state index in [0.29, 0.717) is 31.4 Å². The Labute approximate surface area is 107 Å². The van der Waals surface area contributed by atoms with E-state index in [0.717, 1.165) is 0 Å². The minimum absolute atomic E-state index is 0.175. The molecule has 0 aromatic heterocycles. The van der Waals surface area contributed by atoms with Gasteiger partial charge in [0.15, 0.2) is 0 Å². The van der Waals surface area contributed by atoms with Crippen LogP contribution in [0.3, 0.4) is 0 Å². The second-order valence-electron chi connectivity index (χ2n) is 4.72. The molecule has 0 amide bonds. The van der Waals surface area contributed by atoms with Crippen LogP contribution in [0.4, 0.5) is 4.39 Å². The lowest BCUT2D eigenvalue weighted by Crippen LogP contribution is -2.38. The summed E-state index contributed by atoms with van der Waals surface area (Å²) in [5, 5.41) is 3.30. The fourth-order valence-corrected chi connectivity index (χ4v) is 3.70. The Morgan fingerprint density at radius 1 is 1.22 bits per heavy atom. The van der Waals surface area contributed by atoms with Crippen LogP contribution in [0.15, 0.2) is 24.3 Å². The molecule has 0 bridgehead atoms. The molecule has 0 radical (unpaired) electrons. The van der Waals surface area contributed by atoms with E-state index in [1.807, 2.05) is 6.07 Å². The Kier molecular flexibility index (Phi) is 4.35. The molecule has 0 atom stereocenters. The summed E-state index contributed by atoms with van der Waals surface area (Å²) < 4.78 is 35.9. The van der Waals surface area contributed by atoms with E-state index in [-0.39, 0.29) is 23.4 Å². The first-order valence-electron chi connectivity index (χ1n) is 6.24. The highest BCUT2D eigenvalue weighted by atomic mass is 32.2. The van der Waals surface area contributed by atoms with Crippen molar-refractivity contribution in [2.24, 2.45) is 0 Å². The maximum Gasteiger partial charge on any atom is 0.150 e. The first kappa shape index (κ1) is 13.5. The number of hydrogen-bond acceptors (Lipinski definition) is 3. The third-order valence-electron chi connectivity index (χ3n) is 3.34. The molecule has 3 nitrogen and oxygen atoms in total. The molecule has 18 heavy (non-hydrogen) atoms. The Morgan fingerprint density at radius 2 is 1.89 bits per heavy atom. The summed E-state index contributed by atoms with van der Waals surface area (Å²) >= 11 is 0. The summed E-state index contributed by atoms with van der Waals surface area (Å²) in [7, 11) is -2.80. The summed E-state index contributed by atoms with van der Waals surface area (Å²) in [5.41, 5.74) is 0.702. The SMILES string of the molecule is O=S1(=O)CCC(NCCc2ccccc2F)CC1. The zero-order valence-electron chi connectivity index (χ0n) is 10.2. The average Bonchev–Trinajstić information content (AvgIpc) is 2.34. The van der Waals surface area contributed by atoms with E-state index in [2.05, 4.69) is 5.32 Å². The maximum absolute atomic E-state index is 13.3. The van der Waals surface area contributed by atoms with Gasteiger partial charge in [0.25, 0.3) is 0 Å². The third-order valence-corrected chi connectivity index (χ3v) is 5.06. The van der Waals surface area contributed by atoms with Crippen molar-refractivity contribution in [2.45, 2.75) is 25.3 Å². The van der Waals surface area contributed by atoms with Crippen LogP contribution in [0.2, 0.25) is 0 Å². The average molecular weight is 271 g/mol. The van der Waals surface area contributed by atoms with Crippen molar-refractivity contribution in [3.8, 4) is 0 Å². The van der Waals surface area contributed by atoms with Crippen molar-refractivity contribution in [2.75, 3.05) is 18.1 Å². The summed E-state index contributed by atoms with van der Waals surface area (Å²) in [6.45, 7) is 0.686. The van der Waals surface area contributed by atoms with Crippen LogP contribution < -0.4 is 5.32 Å². The van der Waals surface area contributed by atoms with Crippen LogP contribution in [0.5, 0.6) is 0 Å². The number of hydrogen-bond donors (Lipinski definition) is 1. The van der Waals surface area contributed by atoms with Gasteiger partial charge in [-0.25, -0.2) is 12.8 Å². The van der Waals surface area contributed by atoms with Crippen molar-refractivity contribution in [3.63, 3.8) is 0 Å². The largest absolute Gasteiger partial charge is 0.314 e. The first-order chi connectivity index (χ1) is 8.57. The van der Waals surface area contributed by atoms with Crippen LogP contribution in [0, 0.1) is 5.82 Å². The van der Waals surface area contributed by atoms with Crippen LogP contribution >= 0.6 is 0 Å². The quantitative estimate of drug-likeness (QED) is 0.903. The normalized spacial score (nSPS) is 19.8. The Hall–Kier alpha value is -0.940. The smallest absolute Gasteiger partial charge is 0.150 e. The highest BCUT2D eigenvalue weighted by molar-refractivity contribution is 7.91. The number of halogens is 1. The molecule has 1 heterocycles. The summed E-state index contributed by atoms with van der Waals surface area (Å²) in [5.74, 6) is 0.361. The molecule has 0 spiro atoms. The molecule has 2 rings (SSSR count). The Morgan fingerprint density at radius 3 is 2.56 bits per heavy atom. The molecule has 100 valence electrons. The number of rotatable bonds is 4. The molecule has 0 saturated carbocycles. The zero-order valence-corrected chi connectivity index (χ0v) is 11.0. The van der Waals surface area contributed by atoms with Crippen molar-refractivity contribution in [3.05, 3.63) is 35.6 Å². The second kappa shape index (κ2) is 5.80. The number of sulfone groups is 1. The molecule has 1 saturated heterocycles. The van der Waals surface area contributed by atoms with Gasteiger partial charge in [0.1, 0.15) is 15.7 Å². The van der Waals surface area contributed by atoms with Gasteiger partial charge < -0.3 is 5.32 Å². The minimum Gasteiger partial charge on any atom is -0.314 e. The van der Waals surface area contributed by atoms with E-state index in [1.54, 1.807) is 12.1 Å². The van der Waals surface area contributed by atoms with Crippen molar-refractivity contribution >= 4 is 9.84 Å². The molecule has 1 aliphatic heterocycles. The highest BCUT2D eigenvalue weighted by Gasteiger charge is 2.22. The second-order valence-corrected chi connectivity index (χ2v) is 7.03. The first-order valence-corrected chi connectivity index (χ1v) is 8.06. The van der Waals surface area contributed by atoms with E-state index in [1.165, 1.54) is 6.07 Å². The number of benzene rings is 1. The van der Waals surface area contributed by atoms with E-state index >= 15 is 0 Å². The van der Waals surface area contributed by atoms with Gasteiger partial charge in [-0.15, -0.1) is 0 Å². The molecule has 1 aliphatic rings. The molecular weight excluding hydrogens is 253 g/mol. The lowest BCUT2D eigenvalue weighted by molar-refractivity contribution is 0.464. The molecule has 5 heteroatoms. The predicted octanol–water partition coefficient (Wildman–Crippen LogP) is 1.53. The van der Waals surface area contributed by atoms with Gasteiger partial charge in [-0.3, -0.25) is 0 Å². The molecular formula is C13H18FNO2S. The highest BCUT2D eigenvalue weighted by Crippen LogP contribution is 2.12. The predicted molar refractivity (Wildman–Crippen MR) is 69.8 cm³/mol. The zero-order chi connectivity index (χ0) is 13.0. The van der Waals surface area contributed by atoms with Gasteiger partial charge in [-0.05, 0) is 37.4 Å². The van der Waals surface area contributed by atoms with E-state index in [9.17, 15) is 12.8 Å². The molecule has 0 aliphatic carbocycles. The molecule has 0 unspecified atom stereocenters. The molecule has 1 aromatic rings. The lowest BCUT2D eigenvalue weighted by atomic mass is 10.1. The summed E-state index contributed by atoms with van der Waals surface area (Å²) in [6, 6.07) is 7.00. The monoisotopic (exact) mass is 271 g/mol. The van der Waals surface area contributed by atoms with Gasteiger partial charge in [0, 0.05) is 6.04 Å². The van der Waals surface area contributed by atoms with Gasteiger partial charge in [0.05, 0.1) is 11.5 Å². The number of nitrogens with one attached hydrogen (secondary N) is 1. The summed E-state index contributed by atoms with van der Waals surface area (Å²) in [4.78, 5) is 0. The van der Waals surface area contributed by atoms with Crippen LogP contribution in [0.25, 0.3) is 0 Å². The molecule has 1 aromatic carbocycles. The lowest BCUT2D eigenvalue weighted by Gasteiger charge is -2.23. The Bertz CT molecular complexity index is 487. The van der Waals surface area contributed by atoms with Gasteiger partial charge in [-0.1, -0.05) is 18.2 Å². The topological polar surface area (TPSA) is 46.2 Å². The minimum atomic E-state index is -2.80. The van der Waals surface area contributed by atoms with Crippen molar-refractivity contribution < 1.29 is 12.8 Å². The Balaban J connectivity index is 1.75. The van der Waals surface area contributed by atoms with Crippen LogP contribution in [0.1, 0.15) is 18.4 Å². The maximum atomic E-state index is 13.3. The van der Waals surface area contributed by atoms with Gasteiger partial charge in [0.2, 0.25) is 0 Å². The van der Waals surface area contributed by atoms with E-state index < -0.39 is 9.84 Å². The summed E-state index contributed by atoms with van der Waals surface area (Å²) in [6.07, 6.45) is 1.97. The third kappa shape index (κ3) is 3.78. The van der Waals surface area contributed by atoms with E-state index in [4.69, 9.17) is 0 Å².